The van der Waals surface area contributed by atoms with E-state index in [9.17, 15) is 22.7 Å². The second-order valence-corrected chi connectivity index (χ2v) is 9.95. The van der Waals surface area contributed by atoms with Gasteiger partial charge in [-0.3, -0.25) is 4.31 Å². The van der Waals surface area contributed by atoms with Gasteiger partial charge in [0.1, 0.15) is 5.82 Å². The molecule has 1 atom stereocenters. The maximum atomic E-state index is 13.4. The first-order valence-electron chi connectivity index (χ1n) is 9.47. The second kappa shape index (κ2) is 7.66. The summed E-state index contributed by atoms with van der Waals surface area (Å²) in [4.78, 5) is 12.5. The first-order valence-corrected chi connectivity index (χ1v) is 11.7. The first-order chi connectivity index (χ1) is 14.6. The molecule has 3 aromatic carbocycles. The zero-order valence-corrected chi connectivity index (χ0v) is 18.1. The van der Waals surface area contributed by atoms with Crippen molar-refractivity contribution in [3.63, 3.8) is 0 Å². The molecule has 0 saturated carbocycles. The van der Waals surface area contributed by atoms with E-state index in [0.29, 0.717) is 5.02 Å². The van der Waals surface area contributed by atoms with Crippen LogP contribution in [-0.2, 0) is 27.7 Å². The molecular formula is C23H19ClFNO4S. The lowest BCUT2D eigenvalue weighted by Crippen LogP contribution is -2.58. The molecule has 0 radical (unpaired) electrons. The molecule has 0 amide bonds. The van der Waals surface area contributed by atoms with E-state index in [1.54, 1.807) is 12.1 Å². The Kier molecular flexibility index (Phi) is 5.27. The number of halogens is 2. The van der Waals surface area contributed by atoms with E-state index in [1.807, 2.05) is 30.3 Å². The molecule has 160 valence electrons. The monoisotopic (exact) mass is 459 g/mol. The van der Waals surface area contributed by atoms with Gasteiger partial charge in [0.2, 0.25) is 10.0 Å². The van der Waals surface area contributed by atoms with Gasteiger partial charge in [-0.1, -0.05) is 41.9 Å². The van der Waals surface area contributed by atoms with Crippen LogP contribution in [0.15, 0.2) is 66.7 Å². The van der Waals surface area contributed by atoms with Crippen LogP contribution in [0.3, 0.4) is 0 Å². The van der Waals surface area contributed by atoms with Gasteiger partial charge in [-0.05, 0) is 58.7 Å². The average molecular weight is 460 g/mol. The third-order valence-corrected chi connectivity index (χ3v) is 7.00. The fourth-order valence-corrected chi connectivity index (χ4v) is 5.66. The lowest BCUT2D eigenvalue weighted by atomic mass is 9.95. The molecular weight excluding hydrogens is 441 g/mol. The number of aliphatic carboxylic acids is 1. The molecule has 1 aliphatic carbocycles. The van der Waals surface area contributed by atoms with E-state index >= 15 is 0 Å². The molecule has 1 aliphatic rings. The van der Waals surface area contributed by atoms with E-state index in [-0.39, 0.29) is 18.5 Å². The Labute approximate surface area is 184 Å². The molecule has 1 unspecified atom stereocenters. The molecule has 4 rings (SSSR count). The quantitative estimate of drug-likeness (QED) is 0.608. The maximum Gasteiger partial charge on any atom is 0.331 e. The molecule has 5 nitrogen and oxygen atoms in total. The van der Waals surface area contributed by atoms with Crippen LogP contribution in [0.4, 0.5) is 10.1 Å². The van der Waals surface area contributed by atoms with Gasteiger partial charge in [-0.2, -0.15) is 0 Å². The number of carbonyl (C=O) groups is 1. The summed E-state index contributed by atoms with van der Waals surface area (Å²) in [6.45, 7) is 0. The molecule has 31 heavy (non-hydrogen) atoms. The van der Waals surface area contributed by atoms with Gasteiger partial charge in [-0.25, -0.2) is 17.6 Å². The van der Waals surface area contributed by atoms with Gasteiger partial charge >= 0.3 is 5.97 Å². The van der Waals surface area contributed by atoms with Crippen LogP contribution in [-0.4, -0.2) is 31.3 Å². The summed E-state index contributed by atoms with van der Waals surface area (Å²) in [6.07, 6.45) is 0.954. The topological polar surface area (TPSA) is 74.7 Å². The number of rotatable bonds is 5. The highest BCUT2D eigenvalue weighted by molar-refractivity contribution is 7.92. The molecule has 0 saturated heterocycles. The molecule has 0 aliphatic heterocycles. The minimum absolute atomic E-state index is 0.00299. The van der Waals surface area contributed by atoms with Crippen molar-refractivity contribution in [1.82, 2.24) is 0 Å². The van der Waals surface area contributed by atoms with Crippen molar-refractivity contribution in [3.05, 3.63) is 88.7 Å². The first kappa shape index (κ1) is 21.3. The number of sulfonamides is 1. The van der Waals surface area contributed by atoms with E-state index in [0.717, 1.165) is 44.9 Å². The minimum Gasteiger partial charge on any atom is -0.479 e. The summed E-state index contributed by atoms with van der Waals surface area (Å²) in [5, 5.41) is 10.8. The van der Waals surface area contributed by atoms with Gasteiger partial charge in [-0.15, -0.1) is 0 Å². The molecule has 0 bridgehead atoms. The lowest BCUT2D eigenvalue weighted by Gasteiger charge is -2.37. The largest absolute Gasteiger partial charge is 0.479 e. The van der Waals surface area contributed by atoms with E-state index in [4.69, 9.17) is 11.6 Å². The van der Waals surface area contributed by atoms with Crippen molar-refractivity contribution in [2.45, 2.75) is 18.4 Å². The molecule has 0 fully saturated rings. The number of carboxylic acid groups (broad SMARTS) is 1. The van der Waals surface area contributed by atoms with Crippen molar-refractivity contribution in [1.29, 1.82) is 0 Å². The number of nitrogens with zero attached hydrogens (tertiary/aromatic N) is 1. The van der Waals surface area contributed by atoms with E-state index in [2.05, 4.69) is 0 Å². The maximum absolute atomic E-state index is 13.4. The van der Waals surface area contributed by atoms with Crippen LogP contribution in [0.25, 0.3) is 11.1 Å². The lowest BCUT2D eigenvalue weighted by molar-refractivity contribution is -0.142. The van der Waals surface area contributed by atoms with Gasteiger partial charge < -0.3 is 5.11 Å². The van der Waals surface area contributed by atoms with Crippen LogP contribution in [0.1, 0.15) is 11.1 Å². The van der Waals surface area contributed by atoms with Crippen LogP contribution in [0.2, 0.25) is 5.02 Å². The number of fused-ring (bicyclic) bond motifs is 1. The molecule has 1 N–H and O–H groups in total. The van der Waals surface area contributed by atoms with Gasteiger partial charge in [0.25, 0.3) is 0 Å². The standard InChI is InChI=1S/C23H19ClFNO4S/c1-31(29,30)26(21-10-8-20(25)9-11-21)23(22(27)28)13-17-3-2-16(12-18(17)14-23)15-4-6-19(24)7-5-15/h2-12H,13-14H2,1H3,(H,27,28). The predicted molar refractivity (Wildman–Crippen MR) is 118 cm³/mol. The summed E-state index contributed by atoms with van der Waals surface area (Å²) in [7, 11) is -3.99. The second-order valence-electron chi connectivity index (χ2n) is 7.68. The highest BCUT2D eigenvalue weighted by atomic mass is 35.5. The molecule has 0 spiro atoms. The number of hydrogen-bond donors (Lipinski definition) is 1. The highest BCUT2D eigenvalue weighted by Crippen LogP contribution is 2.41. The van der Waals surface area contributed by atoms with Crippen molar-refractivity contribution < 1.29 is 22.7 Å². The zero-order valence-electron chi connectivity index (χ0n) is 16.5. The van der Waals surface area contributed by atoms with Gasteiger partial charge in [0.05, 0.1) is 11.9 Å². The Bertz CT molecular complexity index is 1260. The average Bonchev–Trinajstić information content (AvgIpc) is 3.08. The van der Waals surface area contributed by atoms with Crippen LogP contribution < -0.4 is 4.31 Å². The zero-order chi connectivity index (χ0) is 22.4. The highest BCUT2D eigenvalue weighted by Gasteiger charge is 2.52. The summed E-state index contributed by atoms with van der Waals surface area (Å²) in [5.74, 6) is -1.80. The normalized spacial score (nSPS) is 17.9. The van der Waals surface area contributed by atoms with E-state index in [1.165, 1.54) is 12.1 Å². The number of anilines is 1. The van der Waals surface area contributed by atoms with Crippen LogP contribution in [0.5, 0.6) is 0 Å². The molecule has 3 aromatic rings. The summed E-state index contributed by atoms with van der Waals surface area (Å²) in [6, 6.07) is 17.7. The van der Waals surface area contributed by atoms with E-state index < -0.39 is 27.3 Å². The van der Waals surface area contributed by atoms with Crippen molar-refractivity contribution in [3.8, 4) is 11.1 Å². The SMILES string of the molecule is CS(=O)(=O)N(c1ccc(F)cc1)C1(C(=O)O)Cc2ccc(-c3ccc(Cl)cc3)cc2C1. The van der Waals surface area contributed by atoms with Gasteiger partial charge in [0, 0.05) is 17.9 Å². The number of benzene rings is 3. The van der Waals surface area contributed by atoms with Crippen molar-refractivity contribution in [2.24, 2.45) is 0 Å². The summed E-state index contributed by atoms with van der Waals surface area (Å²) < 4.78 is 39.8. The Morgan fingerprint density at radius 3 is 2.13 bits per heavy atom. The summed E-state index contributed by atoms with van der Waals surface area (Å²) >= 11 is 5.96. The number of carboxylic acids is 1. The summed E-state index contributed by atoms with van der Waals surface area (Å²) in [5.41, 5.74) is 1.67. The van der Waals surface area contributed by atoms with Gasteiger partial charge in [0.15, 0.2) is 5.54 Å². The molecule has 0 heterocycles. The number of hydrogen-bond acceptors (Lipinski definition) is 3. The minimum atomic E-state index is -3.99. The third kappa shape index (κ3) is 3.91. The predicted octanol–water partition coefficient (Wildman–Crippen LogP) is 4.53. The molecule has 8 heteroatoms. The Morgan fingerprint density at radius 1 is 0.968 bits per heavy atom. The van der Waals surface area contributed by atoms with Crippen molar-refractivity contribution in [2.75, 3.05) is 10.6 Å². The molecule has 0 aromatic heterocycles. The Morgan fingerprint density at radius 2 is 1.55 bits per heavy atom. The smallest absolute Gasteiger partial charge is 0.331 e. The van der Waals surface area contributed by atoms with Crippen molar-refractivity contribution >= 4 is 33.3 Å². The Balaban J connectivity index is 1.80. The fraction of sp³-hybridized carbons (Fsp3) is 0.174. The third-order valence-electron chi connectivity index (χ3n) is 5.53. The fourth-order valence-electron chi connectivity index (χ4n) is 4.19. The Hall–Kier alpha value is -2.90. The van der Waals surface area contributed by atoms with Crippen LogP contribution >= 0.6 is 11.6 Å². The van der Waals surface area contributed by atoms with Crippen LogP contribution in [0, 0.1) is 5.82 Å².